The van der Waals surface area contributed by atoms with Crippen molar-refractivity contribution in [1.82, 2.24) is 4.98 Å². The smallest absolute Gasteiger partial charge is 0.307 e. The van der Waals surface area contributed by atoms with Gasteiger partial charge in [0.1, 0.15) is 5.69 Å². The molecule has 1 amide bonds. The molecule has 0 aliphatic heterocycles. The third-order valence-corrected chi connectivity index (χ3v) is 3.31. The summed E-state index contributed by atoms with van der Waals surface area (Å²) >= 11 is 0. The molecule has 6 heteroatoms. The van der Waals surface area contributed by atoms with Gasteiger partial charge < -0.3 is 15.2 Å². The first-order valence-corrected chi connectivity index (χ1v) is 6.31. The molecular weight excluding hydrogens is 260 g/mol. The number of carboxylic acid groups (broad SMARTS) is 1. The molecule has 0 unspecified atom stereocenters. The number of rotatable bonds is 4. The van der Waals surface area contributed by atoms with Gasteiger partial charge >= 0.3 is 5.97 Å². The largest absolute Gasteiger partial charge is 0.481 e. The van der Waals surface area contributed by atoms with Gasteiger partial charge in [0.25, 0.3) is 0 Å². The van der Waals surface area contributed by atoms with Crippen molar-refractivity contribution in [3.8, 4) is 5.88 Å². The van der Waals surface area contributed by atoms with Crippen molar-refractivity contribution in [3.05, 3.63) is 30.5 Å². The maximum absolute atomic E-state index is 12.3. The van der Waals surface area contributed by atoms with Crippen molar-refractivity contribution >= 4 is 17.6 Å². The van der Waals surface area contributed by atoms with Crippen LogP contribution in [0.4, 0.5) is 5.69 Å². The van der Waals surface area contributed by atoms with Crippen LogP contribution in [0.5, 0.6) is 5.88 Å². The second-order valence-electron chi connectivity index (χ2n) is 4.54. The Morgan fingerprint density at radius 2 is 2.05 bits per heavy atom. The summed E-state index contributed by atoms with van der Waals surface area (Å²) in [5, 5.41) is 11.9. The van der Waals surface area contributed by atoms with Gasteiger partial charge in [-0.05, 0) is 25.0 Å². The number of nitrogens with zero attached hydrogens (tertiary/aromatic N) is 1. The number of amides is 1. The second-order valence-corrected chi connectivity index (χ2v) is 4.54. The number of hydrogen-bond acceptors (Lipinski definition) is 4. The zero-order chi connectivity index (χ0) is 14.5. The number of carboxylic acids is 1. The fraction of sp³-hybridized carbons (Fsp3) is 0.357. The van der Waals surface area contributed by atoms with E-state index in [2.05, 4.69) is 10.3 Å². The van der Waals surface area contributed by atoms with Crippen molar-refractivity contribution in [2.45, 2.75) is 12.8 Å². The fourth-order valence-electron chi connectivity index (χ4n) is 2.25. The lowest BCUT2D eigenvalue weighted by molar-refractivity contribution is -0.146. The maximum Gasteiger partial charge on any atom is 0.307 e. The van der Waals surface area contributed by atoms with Crippen LogP contribution in [0.1, 0.15) is 12.8 Å². The molecule has 106 valence electrons. The van der Waals surface area contributed by atoms with E-state index in [1.807, 2.05) is 6.08 Å². The summed E-state index contributed by atoms with van der Waals surface area (Å²) < 4.78 is 5.05. The number of aromatic nitrogens is 1. The average molecular weight is 276 g/mol. The molecular formula is C14H16N2O4. The highest BCUT2D eigenvalue weighted by Gasteiger charge is 2.34. The number of carbonyl (C=O) groups excluding carboxylic acids is 1. The number of anilines is 1. The highest BCUT2D eigenvalue weighted by Crippen LogP contribution is 2.28. The van der Waals surface area contributed by atoms with Gasteiger partial charge in [0, 0.05) is 6.20 Å². The van der Waals surface area contributed by atoms with Crippen LogP contribution >= 0.6 is 0 Å². The van der Waals surface area contributed by atoms with Gasteiger partial charge in [-0.1, -0.05) is 12.2 Å². The Morgan fingerprint density at radius 1 is 1.35 bits per heavy atom. The summed E-state index contributed by atoms with van der Waals surface area (Å²) in [6.07, 6.45) is 5.98. The molecule has 0 fully saturated rings. The lowest BCUT2D eigenvalue weighted by Gasteiger charge is -2.24. The minimum atomic E-state index is -0.951. The van der Waals surface area contributed by atoms with E-state index in [0.717, 1.165) is 0 Å². The van der Waals surface area contributed by atoms with Crippen LogP contribution in [0.15, 0.2) is 30.5 Å². The molecule has 2 N–H and O–H groups in total. The van der Waals surface area contributed by atoms with E-state index >= 15 is 0 Å². The number of pyridine rings is 1. The predicted octanol–water partition coefficient (Wildman–Crippen LogP) is 1.70. The minimum absolute atomic E-state index is 0.305. The highest BCUT2D eigenvalue weighted by molar-refractivity contribution is 5.96. The Bertz CT molecular complexity index is 542. The Morgan fingerprint density at radius 3 is 2.70 bits per heavy atom. The van der Waals surface area contributed by atoms with Crippen LogP contribution in [0.2, 0.25) is 0 Å². The van der Waals surface area contributed by atoms with Gasteiger partial charge in [-0.15, -0.1) is 0 Å². The van der Waals surface area contributed by atoms with E-state index < -0.39 is 17.8 Å². The van der Waals surface area contributed by atoms with Gasteiger partial charge in [0.15, 0.2) is 0 Å². The number of ether oxygens (including phenoxy) is 1. The van der Waals surface area contributed by atoms with Gasteiger partial charge in [0.05, 0.1) is 18.9 Å². The molecule has 0 bridgehead atoms. The molecule has 2 rings (SSSR count). The van der Waals surface area contributed by atoms with Gasteiger partial charge in [-0.3, -0.25) is 9.59 Å². The summed E-state index contributed by atoms with van der Waals surface area (Å²) in [5.74, 6) is -2.25. The number of aliphatic carboxylic acids is 1. The molecule has 0 radical (unpaired) electrons. The standard InChI is InChI=1S/C14H16N2O4/c1-20-13-11(7-4-8-15-13)16-12(17)9-5-2-3-6-10(9)14(18)19/h2-4,7-10H,5-6H2,1H3,(H,16,17)(H,18,19)/t9-,10+/m1/s1. The normalized spacial score (nSPS) is 21.2. The lowest BCUT2D eigenvalue weighted by atomic mass is 9.82. The average Bonchev–Trinajstić information content (AvgIpc) is 2.47. The van der Waals surface area contributed by atoms with E-state index in [1.165, 1.54) is 7.11 Å². The summed E-state index contributed by atoms with van der Waals surface area (Å²) in [4.78, 5) is 27.4. The van der Waals surface area contributed by atoms with E-state index in [0.29, 0.717) is 24.4 Å². The van der Waals surface area contributed by atoms with Crippen molar-refractivity contribution < 1.29 is 19.4 Å². The molecule has 20 heavy (non-hydrogen) atoms. The summed E-state index contributed by atoms with van der Waals surface area (Å²) in [6.45, 7) is 0. The third-order valence-electron chi connectivity index (χ3n) is 3.31. The molecule has 1 heterocycles. The number of carbonyl (C=O) groups is 2. The zero-order valence-electron chi connectivity index (χ0n) is 11.1. The number of methoxy groups -OCH3 is 1. The number of nitrogens with one attached hydrogen (secondary N) is 1. The van der Waals surface area contributed by atoms with Crippen LogP contribution in [-0.2, 0) is 9.59 Å². The molecule has 6 nitrogen and oxygen atoms in total. The first-order valence-electron chi connectivity index (χ1n) is 6.31. The molecule has 0 spiro atoms. The van der Waals surface area contributed by atoms with Crippen LogP contribution in [0.3, 0.4) is 0 Å². The quantitative estimate of drug-likeness (QED) is 0.817. The molecule has 2 atom stereocenters. The molecule has 0 aromatic carbocycles. The topological polar surface area (TPSA) is 88.5 Å². The van der Waals surface area contributed by atoms with Gasteiger partial charge in [0.2, 0.25) is 11.8 Å². The van der Waals surface area contributed by atoms with Crippen molar-refractivity contribution in [1.29, 1.82) is 0 Å². The first kappa shape index (κ1) is 14.0. The van der Waals surface area contributed by atoms with Crippen LogP contribution < -0.4 is 10.1 Å². The zero-order valence-corrected chi connectivity index (χ0v) is 11.1. The maximum atomic E-state index is 12.3. The van der Waals surface area contributed by atoms with Gasteiger partial charge in [-0.25, -0.2) is 4.98 Å². The molecule has 1 aromatic heterocycles. The molecule has 1 aliphatic rings. The lowest BCUT2D eigenvalue weighted by Crippen LogP contribution is -2.34. The van der Waals surface area contributed by atoms with Crippen LogP contribution in [0, 0.1) is 11.8 Å². The summed E-state index contributed by atoms with van der Waals surface area (Å²) in [5.41, 5.74) is 0.443. The van der Waals surface area contributed by atoms with E-state index in [-0.39, 0.29) is 5.91 Å². The summed E-state index contributed by atoms with van der Waals surface area (Å²) in [7, 11) is 1.46. The molecule has 0 saturated carbocycles. The fourth-order valence-corrected chi connectivity index (χ4v) is 2.25. The SMILES string of the molecule is COc1ncccc1NC(=O)[C@@H]1CC=CC[C@@H]1C(=O)O. The highest BCUT2D eigenvalue weighted by atomic mass is 16.5. The Kier molecular flexibility index (Phi) is 4.34. The number of hydrogen-bond donors (Lipinski definition) is 2. The van der Waals surface area contributed by atoms with E-state index in [4.69, 9.17) is 4.74 Å². The van der Waals surface area contributed by atoms with Gasteiger partial charge in [-0.2, -0.15) is 0 Å². The summed E-state index contributed by atoms with van der Waals surface area (Å²) in [6, 6.07) is 3.34. The number of allylic oxidation sites excluding steroid dienone is 2. The minimum Gasteiger partial charge on any atom is -0.481 e. The Labute approximate surface area is 116 Å². The molecule has 0 saturated heterocycles. The Hall–Kier alpha value is -2.37. The molecule has 1 aromatic rings. The predicted molar refractivity (Wildman–Crippen MR) is 72.4 cm³/mol. The van der Waals surface area contributed by atoms with Crippen LogP contribution in [0.25, 0.3) is 0 Å². The van der Waals surface area contributed by atoms with Crippen LogP contribution in [-0.4, -0.2) is 29.1 Å². The first-order chi connectivity index (χ1) is 9.63. The van der Waals surface area contributed by atoms with Crippen molar-refractivity contribution in [2.75, 3.05) is 12.4 Å². The van der Waals surface area contributed by atoms with E-state index in [9.17, 15) is 14.7 Å². The van der Waals surface area contributed by atoms with Crippen molar-refractivity contribution in [2.24, 2.45) is 11.8 Å². The third kappa shape index (κ3) is 2.96. The monoisotopic (exact) mass is 276 g/mol. The van der Waals surface area contributed by atoms with E-state index in [1.54, 1.807) is 24.4 Å². The molecule has 1 aliphatic carbocycles. The Balaban J connectivity index is 2.14. The van der Waals surface area contributed by atoms with Crippen molar-refractivity contribution in [3.63, 3.8) is 0 Å². The second kappa shape index (κ2) is 6.18.